The van der Waals surface area contributed by atoms with E-state index in [1.54, 1.807) is 11.3 Å². The molecule has 0 bridgehead atoms. The molecule has 0 amide bonds. The number of nitrogens with zero attached hydrogens (tertiary/aromatic N) is 1. The Morgan fingerprint density at radius 1 is 1.62 bits per heavy atom. The number of rotatable bonds is 4. The third-order valence-electron chi connectivity index (χ3n) is 2.03. The molecule has 1 aromatic heterocycles. The van der Waals surface area contributed by atoms with Gasteiger partial charge in [-0.2, -0.15) is 0 Å². The van der Waals surface area contributed by atoms with E-state index in [1.165, 1.54) is 0 Å². The van der Waals surface area contributed by atoms with Crippen LogP contribution in [0.2, 0.25) is 0 Å². The van der Waals surface area contributed by atoms with Crippen LogP contribution in [0.5, 0.6) is 0 Å². The van der Waals surface area contributed by atoms with Crippen molar-refractivity contribution in [2.75, 3.05) is 5.32 Å². The second-order valence-electron chi connectivity index (χ2n) is 3.37. The van der Waals surface area contributed by atoms with E-state index in [2.05, 4.69) is 47.0 Å². The second kappa shape index (κ2) is 4.96. The number of hydrogen-bond acceptors (Lipinski definition) is 3. The van der Waals surface area contributed by atoms with Crippen molar-refractivity contribution in [2.24, 2.45) is 5.92 Å². The minimum atomic E-state index is 0.526. The summed E-state index contributed by atoms with van der Waals surface area (Å²) in [5.74, 6) is 0.646. The summed E-state index contributed by atoms with van der Waals surface area (Å²) >= 11 is 5.04. The van der Waals surface area contributed by atoms with E-state index in [0.29, 0.717) is 12.0 Å². The molecule has 74 valence electrons. The summed E-state index contributed by atoms with van der Waals surface area (Å²) in [4.78, 5) is 4.25. The molecule has 1 rings (SSSR count). The standard InChI is InChI=1S/C9H15BrN2S/c1-4-7(6(2)3)12-9-11-5-8(10)13-9/h5-7H,4H2,1-3H3,(H,11,12). The highest BCUT2D eigenvalue weighted by molar-refractivity contribution is 9.11. The Morgan fingerprint density at radius 3 is 2.69 bits per heavy atom. The van der Waals surface area contributed by atoms with Crippen LogP contribution in [0.25, 0.3) is 0 Å². The van der Waals surface area contributed by atoms with Crippen LogP contribution in [-0.4, -0.2) is 11.0 Å². The highest BCUT2D eigenvalue weighted by Crippen LogP contribution is 2.25. The lowest BCUT2D eigenvalue weighted by Gasteiger charge is -2.19. The lowest BCUT2D eigenvalue weighted by atomic mass is 10.0. The molecule has 0 radical (unpaired) electrons. The maximum atomic E-state index is 4.25. The zero-order valence-electron chi connectivity index (χ0n) is 8.17. The summed E-state index contributed by atoms with van der Waals surface area (Å²) in [5.41, 5.74) is 0. The normalized spacial score (nSPS) is 13.3. The van der Waals surface area contributed by atoms with Crippen molar-refractivity contribution in [3.63, 3.8) is 0 Å². The Labute approximate surface area is 91.9 Å². The van der Waals surface area contributed by atoms with Gasteiger partial charge in [0.05, 0.1) is 9.98 Å². The maximum absolute atomic E-state index is 4.25. The van der Waals surface area contributed by atoms with E-state index in [4.69, 9.17) is 0 Å². The van der Waals surface area contributed by atoms with Gasteiger partial charge in [0.2, 0.25) is 0 Å². The molecule has 4 heteroatoms. The first-order chi connectivity index (χ1) is 6.13. The molecule has 1 aromatic rings. The summed E-state index contributed by atoms with van der Waals surface area (Å²) in [7, 11) is 0. The molecule has 0 saturated heterocycles. The SMILES string of the molecule is CCC(Nc1ncc(Br)s1)C(C)C. The Hall–Kier alpha value is -0.0900. The van der Waals surface area contributed by atoms with Crippen LogP contribution >= 0.6 is 27.3 Å². The average Bonchev–Trinajstić information content (AvgIpc) is 2.46. The molecule has 13 heavy (non-hydrogen) atoms. The minimum Gasteiger partial charge on any atom is -0.359 e. The predicted molar refractivity (Wildman–Crippen MR) is 62.4 cm³/mol. The zero-order chi connectivity index (χ0) is 9.84. The maximum Gasteiger partial charge on any atom is 0.183 e. The summed E-state index contributed by atoms with van der Waals surface area (Å²) < 4.78 is 1.08. The topological polar surface area (TPSA) is 24.9 Å². The fourth-order valence-corrected chi connectivity index (χ4v) is 2.39. The molecule has 1 unspecified atom stereocenters. The number of nitrogens with one attached hydrogen (secondary N) is 1. The quantitative estimate of drug-likeness (QED) is 0.894. The van der Waals surface area contributed by atoms with Crippen LogP contribution in [0.1, 0.15) is 27.2 Å². The largest absolute Gasteiger partial charge is 0.359 e. The van der Waals surface area contributed by atoms with Crippen molar-refractivity contribution >= 4 is 32.4 Å². The second-order valence-corrected chi connectivity index (χ2v) is 5.78. The van der Waals surface area contributed by atoms with E-state index < -0.39 is 0 Å². The van der Waals surface area contributed by atoms with E-state index in [-0.39, 0.29) is 0 Å². The molecule has 0 saturated carbocycles. The molecular formula is C9H15BrN2S. The van der Waals surface area contributed by atoms with Gasteiger partial charge < -0.3 is 5.32 Å². The Morgan fingerprint density at radius 2 is 2.31 bits per heavy atom. The van der Waals surface area contributed by atoms with Crippen LogP contribution in [0.3, 0.4) is 0 Å². The van der Waals surface area contributed by atoms with Gasteiger partial charge in [-0.1, -0.05) is 32.1 Å². The molecule has 1 heterocycles. The molecule has 0 aromatic carbocycles. The Kier molecular flexibility index (Phi) is 4.19. The van der Waals surface area contributed by atoms with Crippen molar-refractivity contribution in [3.05, 3.63) is 9.98 Å². The van der Waals surface area contributed by atoms with Gasteiger partial charge in [-0.25, -0.2) is 4.98 Å². The molecule has 0 spiro atoms. The lowest BCUT2D eigenvalue weighted by Crippen LogP contribution is -2.24. The molecular weight excluding hydrogens is 248 g/mol. The van der Waals surface area contributed by atoms with Crippen LogP contribution in [0.4, 0.5) is 5.13 Å². The van der Waals surface area contributed by atoms with E-state index >= 15 is 0 Å². The van der Waals surface area contributed by atoms with Crippen molar-refractivity contribution in [1.82, 2.24) is 4.98 Å². The van der Waals surface area contributed by atoms with Crippen LogP contribution in [-0.2, 0) is 0 Å². The summed E-state index contributed by atoms with van der Waals surface area (Å²) in [6, 6.07) is 0.526. The number of thiazole rings is 1. The summed E-state index contributed by atoms with van der Waals surface area (Å²) in [6.07, 6.45) is 2.97. The first-order valence-corrected chi connectivity index (χ1v) is 6.12. The fraction of sp³-hybridized carbons (Fsp3) is 0.667. The van der Waals surface area contributed by atoms with Gasteiger partial charge in [0.25, 0.3) is 0 Å². The average molecular weight is 263 g/mol. The molecule has 1 N–H and O–H groups in total. The van der Waals surface area contributed by atoms with Crippen LogP contribution in [0, 0.1) is 5.92 Å². The molecule has 0 fully saturated rings. The summed E-state index contributed by atoms with van der Waals surface area (Å²) in [5, 5.41) is 4.43. The zero-order valence-corrected chi connectivity index (χ0v) is 10.6. The third kappa shape index (κ3) is 3.27. The van der Waals surface area contributed by atoms with Gasteiger partial charge in [0, 0.05) is 6.04 Å². The Balaban J connectivity index is 2.56. The monoisotopic (exact) mass is 262 g/mol. The van der Waals surface area contributed by atoms with Gasteiger partial charge in [0.1, 0.15) is 0 Å². The van der Waals surface area contributed by atoms with Gasteiger partial charge >= 0.3 is 0 Å². The highest BCUT2D eigenvalue weighted by Gasteiger charge is 2.11. The minimum absolute atomic E-state index is 0.526. The van der Waals surface area contributed by atoms with Crippen molar-refractivity contribution in [2.45, 2.75) is 33.2 Å². The van der Waals surface area contributed by atoms with Gasteiger partial charge in [-0.15, -0.1) is 0 Å². The summed E-state index contributed by atoms with van der Waals surface area (Å²) in [6.45, 7) is 6.65. The third-order valence-corrected chi connectivity index (χ3v) is 3.44. The van der Waals surface area contributed by atoms with Crippen molar-refractivity contribution in [1.29, 1.82) is 0 Å². The van der Waals surface area contributed by atoms with Gasteiger partial charge in [-0.05, 0) is 28.3 Å². The number of anilines is 1. The molecule has 1 atom stereocenters. The highest BCUT2D eigenvalue weighted by atomic mass is 79.9. The molecule has 0 aliphatic heterocycles. The number of halogens is 1. The van der Waals surface area contributed by atoms with Gasteiger partial charge in [-0.3, -0.25) is 0 Å². The van der Waals surface area contributed by atoms with Gasteiger partial charge in [0.15, 0.2) is 5.13 Å². The Bertz CT molecular complexity index is 260. The van der Waals surface area contributed by atoms with Crippen molar-refractivity contribution in [3.8, 4) is 0 Å². The smallest absolute Gasteiger partial charge is 0.183 e. The predicted octanol–water partition coefficient (Wildman–Crippen LogP) is 3.75. The van der Waals surface area contributed by atoms with E-state index in [1.807, 2.05) is 6.20 Å². The first kappa shape index (κ1) is 11.0. The van der Waals surface area contributed by atoms with Crippen molar-refractivity contribution < 1.29 is 0 Å². The van der Waals surface area contributed by atoms with E-state index in [9.17, 15) is 0 Å². The van der Waals surface area contributed by atoms with Crippen LogP contribution in [0.15, 0.2) is 9.98 Å². The molecule has 2 nitrogen and oxygen atoms in total. The van der Waals surface area contributed by atoms with Crippen LogP contribution < -0.4 is 5.32 Å². The molecule has 0 aliphatic rings. The van der Waals surface area contributed by atoms with E-state index in [0.717, 1.165) is 15.3 Å². The lowest BCUT2D eigenvalue weighted by molar-refractivity contribution is 0.511. The fourth-order valence-electron chi connectivity index (χ4n) is 1.22. The first-order valence-electron chi connectivity index (χ1n) is 4.51. The number of aromatic nitrogens is 1. The molecule has 0 aliphatic carbocycles. The number of hydrogen-bond donors (Lipinski definition) is 1.